The fraction of sp³-hybridized carbons (Fsp3) is 0.207. The van der Waals surface area contributed by atoms with Crippen molar-refractivity contribution in [3.05, 3.63) is 100 Å². The Labute approximate surface area is 214 Å². The number of carboxylic acids is 1. The first kappa shape index (κ1) is 25.3. The lowest BCUT2D eigenvalue weighted by molar-refractivity contribution is -0.137. The maximum absolute atomic E-state index is 13.5. The summed E-state index contributed by atoms with van der Waals surface area (Å²) in [6, 6.07) is 20.6. The Hall–Kier alpha value is -3.77. The summed E-state index contributed by atoms with van der Waals surface area (Å²) >= 11 is 5.96. The highest BCUT2D eigenvalue weighted by atomic mass is 35.5. The summed E-state index contributed by atoms with van der Waals surface area (Å²) in [6.07, 6.45) is 1.93. The standard InChI is InChI=1S/C29H26ClFN2O3/c1-18(19-6-11-24(30)12-7-19)32-29(36)22-10-15-26-23(17-22)16-21(4-2-3-5-27(34)35)28(33-26)20-8-13-25(31)14-9-20/h6-18H,2-5H2,1H3,(H,32,36)(H,34,35)/t18-/m0/s1. The Morgan fingerprint density at radius 3 is 2.42 bits per heavy atom. The van der Waals surface area contributed by atoms with Crippen LogP contribution in [0.2, 0.25) is 5.02 Å². The molecule has 1 atom stereocenters. The van der Waals surface area contributed by atoms with Crippen LogP contribution in [0.5, 0.6) is 0 Å². The minimum atomic E-state index is -0.825. The number of hydrogen-bond donors (Lipinski definition) is 2. The number of benzene rings is 3. The van der Waals surface area contributed by atoms with Gasteiger partial charge in [0, 0.05) is 28.0 Å². The number of carbonyl (C=O) groups excluding carboxylic acids is 1. The van der Waals surface area contributed by atoms with E-state index in [1.807, 2.05) is 25.1 Å². The van der Waals surface area contributed by atoms with Gasteiger partial charge in [-0.25, -0.2) is 9.37 Å². The highest BCUT2D eigenvalue weighted by Crippen LogP contribution is 2.28. The molecule has 7 heteroatoms. The fourth-order valence-corrected chi connectivity index (χ4v) is 4.24. The number of aryl methyl sites for hydroxylation is 1. The van der Waals surface area contributed by atoms with Crippen LogP contribution in [0.15, 0.2) is 72.8 Å². The van der Waals surface area contributed by atoms with Crippen molar-refractivity contribution in [3.63, 3.8) is 0 Å². The first-order valence-electron chi connectivity index (χ1n) is 11.8. The number of aliphatic carboxylic acids is 1. The van der Waals surface area contributed by atoms with E-state index in [-0.39, 0.29) is 24.2 Å². The second-order valence-electron chi connectivity index (χ2n) is 8.76. The number of halogens is 2. The van der Waals surface area contributed by atoms with Gasteiger partial charge in [-0.15, -0.1) is 0 Å². The summed E-state index contributed by atoms with van der Waals surface area (Å²) < 4.78 is 13.5. The van der Waals surface area contributed by atoms with E-state index in [0.717, 1.165) is 27.8 Å². The highest BCUT2D eigenvalue weighted by Gasteiger charge is 2.15. The Kier molecular flexibility index (Phi) is 7.96. The van der Waals surface area contributed by atoms with E-state index >= 15 is 0 Å². The molecule has 1 heterocycles. The first-order valence-corrected chi connectivity index (χ1v) is 12.2. The van der Waals surface area contributed by atoms with E-state index in [9.17, 15) is 14.0 Å². The molecule has 5 nitrogen and oxygen atoms in total. The van der Waals surface area contributed by atoms with Crippen LogP contribution in [0.1, 0.15) is 53.7 Å². The third-order valence-electron chi connectivity index (χ3n) is 6.08. The van der Waals surface area contributed by atoms with Crippen LogP contribution in [0.3, 0.4) is 0 Å². The molecule has 184 valence electrons. The molecule has 0 radical (unpaired) electrons. The van der Waals surface area contributed by atoms with Crippen molar-refractivity contribution in [2.24, 2.45) is 0 Å². The minimum absolute atomic E-state index is 0.100. The summed E-state index contributed by atoms with van der Waals surface area (Å²) in [5, 5.41) is 13.4. The van der Waals surface area contributed by atoms with E-state index in [2.05, 4.69) is 5.32 Å². The number of hydrogen-bond acceptors (Lipinski definition) is 3. The van der Waals surface area contributed by atoms with Crippen molar-refractivity contribution >= 4 is 34.4 Å². The number of unbranched alkanes of at least 4 members (excludes halogenated alkanes) is 1. The molecule has 0 spiro atoms. The zero-order chi connectivity index (χ0) is 25.7. The molecule has 36 heavy (non-hydrogen) atoms. The highest BCUT2D eigenvalue weighted by molar-refractivity contribution is 6.30. The number of aromatic nitrogens is 1. The van der Waals surface area contributed by atoms with Crippen LogP contribution < -0.4 is 5.32 Å². The van der Waals surface area contributed by atoms with Crippen LogP contribution in [0, 0.1) is 5.82 Å². The van der Waals surface area contributed by atoms with Crippen molar-refractivity contribution in [1.29, 1.82) is 0 Å². The van der Waals surface area contributed by atoms with Crippen LogP contribution >= 0.6 is 11.6 Å². The van der Waals surface area contributed by atoms with Crippen molar-refractivity contribution in [1.82, 2.24) is 10.3 Å². The van der Waals surface area contributed by atoms with E-state index in [1.165, 1.54) is 12.1 Å². The van der Waals surface area contributed by atoms with Gasteiger partial charge in [0.2, 0.25) is 0 Å². The average molecular weight is 505 g/mol. The van der Waals surface area contributed by atoms with Gasteiger partial charge in [0.05, 0.1) is 17.3 Å². The minimum Gasteiger partial charge on any atom is -0.481 e. The van der Waals surface area contributed by atoms with E-state index in [1.54, 1.807) is 42.5 Å². The lowest BCUT2D eigenvalue weighted by atomic mass is 9.98. The number of carbonyl (C=O) groups is 2. The van der Waals surface area contributed by atoms with Gasteiger partial charge in [-0.2, -0.15) is 0 Å². The summed E-state index contributed by atoms with van der Waals surface area (Å²) in [7, 11) is 0. The van der Waals surface area contributed by atoms with Crippen molar-refractivity contribution in [2.75, 3.05) is 0 Å². The fourth-order valence-electron chi connectivity index (χ4n) is 4.12. The molecule has 2 N–H and O–H groups in total. The zero-order valence-electron chi connectivity index (χ0n) is 19.8. The number of amides is 1. The third-order valence-corrected chi connectivity index (χ3v) is 6.33. The largest absolute Gasteiger partial charge is 0.481 e. The number of carboxylic acid groups (broad SMARTS) is 1. The molecule has 1 amide bonds. The molecule has 0 fully saturated rings. The van der Waals surface area contributed by atoms with Crippen molar-refractivity contribution < 1.29 is 19.1 Å². The second-order valence-corrected chi connectivity index (χ2v) is 9.19. The molecule has 4 rings (SSSR count). The third kappa shape index (κ3) is 6.26. The molecule has 0 aliphatic carbocycles. The predicted molar refractivity (Wildman–Crippen MR) is 140 cm³/mol. The Morgan fingerprint density at radius 1 is 1.00 bits per heavy atom. The van der Waals surface area contributed by atoms with E-state index in [0.29, 0.717) is 35.4 Å². The average Bonchev–Trinajstić information content (AvgIpc) is 2.86. The molecule has 4 aromatic rings. The predicted octanol–water partition coefficient (Wildman–Crippen LogP) is 6.98. The molecular formula is C29H26ClFN2O3. The molecule has 0 aliphatic rings. The van der Waals surface area contributed by atoms with Gasteiger partial charge >= 0.3 is 5.97 Å². The number of nitrogens with zero attached hydrogens (tertiary/aromatic N) is 1. The molecule has 0 aliphatic heterocycles. The van der Waals surface area contributed by atoms with Gasteiger partial charge < -0.3 is 10.4 Å². The van der Waals surface area contributed by atoms with Gasteiger partial charge in [-0.1, -0.05) is 23.7 Å². The van der Waals surface area contributed by atoms with Crippen LogP contribution in [0.4, 0.5) is 4.39 Å². The van der Waals surface area contributed by atoms with Gasteiger partial charge in [0.25, 0.3) is 5.91 Å². The zero-order valence-corrected chi connectivity index (χ0v) is 20.6. The topological polar surface area (TPSA) is 79.3 Å². The number of pyridine rings is 1. The number of rotatable bonds is 9. The molecular weight excluding hydrogens is 479 g/mol. The lowest BCUT2D eigenvalue weighted by Crippen LogP contribution is -2.26. The Balaban J connectivity index is 1.62. The SMILES string of the molecule is C[C@H](NC(=O)c1ccc2nc(-c3ccc(F)cc3)c(CCCCC(=O)O)cc2c1)c1ccc(Cl)cc1. The summed E-state index contributed by atoms with van der Waals surface area (Å²) in [4.78, 5) is 28.7. The molecule has 0 saturated carbocycles. The van der Waals surface area contributed by atoms with Gasteiger partial charge in [0.15, 0.2) is 0 Å². The van der Waals surface area contributed by atoms with Crippen molar-refractivity contribution in [3.8, 4) is 11.3 Å². The lowest BCUT2D eigenvalue weighted by Gasteiger charge is -2.15. The van der Waals surface area contributed by atoms with Crippen LogP contribution in [-0.2, 0) is 11.2 Å². The molecule has 0 unspecified atom stereocenters. The number of nitrogens with one attached hydrogen (secondary N) is 1. The van der Waals surface area contributed by atoms with Gasteiger partial charge in [0.1, 0.15) is 5.82 Å². The summed E-state index contributed by atoms with van der Waals surface area (Å²) in [5.74, 6) is -1.36. The quantitative estimate of drug-likeness (QED) is 0.241. The first-order chi connectivity index (χ1) is 17.3. The number of fused-ring (bicyclic) bond motifs is 1. The van der Waals surface area contributed by atoms with E-state index in [4.69, 9.17) is 21.7 Å². The second kappa shape index (κ2) is 11.3. The Bertz CT molecular complexity index is 1390. The Morgan fingerprint density at radius 2 is 1.72 bits per heavy atom. The van der Waals surface area contributed by atoms with Crippen molar-refractivity contribution in [2.45, 2.75) is 38.6 Å². The van der Waals surface area contributed by atoms with Crippen LogP contribution in [0.25, 0.3) is 22.2 Å². The molecule has 3 aromatic carbocycles. The summed E-state index contributed by atoms with van der Waals surface area (Å²) in [6.45, 7) is 1.91. The van der Waals surface area contributed by atoms with Gasteiger partial charge in [-0.3, -0.25) is 9.59 Å². The molecule has 1 aromatic heterocycles. The maximum atomic E-state index is 13.5. The molecule has 0 bridgehead atoms. The smallest absolute Gasteiger partial charge is 0.303 e. The maximum Gasteiger partial charge on any atom is 0.303 e. The normalized spacial score (nSPS) is 11.9. The molecule has 0 saturated heterocycles. The monoisotopic (exact) mass is 504 g/mol. The van der Waals surface area contributed by atoms with E-state index < -0.39 is 5.97 Å². The van der Waals surface area contributed by atoms with Gasteiger partial charge in [-0.05, 0) is 98.0 Å². The summed E-state index contributed by atoms with van der Waals surface area (Å²) in [5.41, 5.74) is 4.60. The van der Waals surface area contributed by atoms with Crippen LogP contribution in [-0.4, -0.2) is 22.0 Å².